The summed E-state index contributed by atoms with van der Waals surface area (Å²) >= 11 is 0. The first-order chi connectivity index (χ1) is 16.5. The van der Waals surface area contributed by atoms with Gasteiger partial charge in [-0.1, -0.05) is 30.7 Å². The zero-order valence-corrected chi connectivity index (χ0v) is 20.0. The van der Waals surface area contributed by atoms with Gasteiger partial charge in [-0.05, 0) is 106 Å². The highest BCUT2D eigenvalue weighted by Gasteiger charge is 2.26. The van der Waals surface area contributed by atoms with Crippen LogP contribution in [0.4, 0.5) is 10.1 Å². The molecule has 1 aromatic heterocycles. The number of nitrogens with zero attached hydrogens (tertiary/aromatic N) is 1. The van der Waals surface area contributed by atoms with Gasteiger partial charge < -0.3 is 15.2 Å². The van der Waals surface area contributed by atoms with Crippen LogP contribution in [0.3, 0.4) is 0 Å². The van der Waals surface area contributed by atoms with E-state index in [0.29, 0.717) is 5.57 Å². The Morgan fingerprint density at radius 1 is 1.00 bits per heavy atom. The molecule has 5 heteroatoms. The van der Waals surface area contributed by atoms with E-state index >= 15 is 0 Å². The summed E-state index contributed by atoms with van der Waals surface area (Å²) in [5.74, 6) is -0.329. The molecule has 176 valence electrons. The molecule has 0 bridgehead atoms. The minimum absolute atomic E-state index is 0.0738. The topological polar surface area (TPSA) is 48.1 Å². The summed E-state index contributed by atoms with van der Waals surface area (Å²) in [7, 11) is 4.22. The molecule has 0 unspecified atom stereocenters. The molecule has 1 aliphatic carbocycles. The number of carbonyl (C=O) groups excluding carboxylic acids is 1. The number of nitrogens with one attached hydrogen (secondary N) is 2. The van der Waals surface area contributed by atoms with E-state index in [0.717, 1.165) is 60.3 Å². The quantitative estimate of drug-likeness (QED) is 0.348. The molecule has 0 fully saturated rings. The van der Waals surface area contributed by atoms with E-state index in [1.54, 1.807) is 12.1 Å². The van der Waals surface area contributed by atoms with Gasteiger partial charge in [-0.2, -0.15) is 0 Å². The van der Waals surface area contributed by atoms with Crippen LogP contribution >= 0.6 is 0 Å². The lowest BCUT2D eigenvalue weighted by molar-refractivity contribution is -0.110. The highest BCUT2D eigenvalue weighted by molar-refractivity contribution is 6.35. The Morgan fingerprint density at radius 2 is 1.76 bits per heavy atom. The molecule has 2 aromatic carbocycles. The largest absolute Gasteiger partial charge is 0.358 e. The Bertz CT molecular complexity index is 1240. The maximum atomic E-state index is 13.3. The number of halogens is 1. The van der Waals surface area contributed by atoms with E-state index in [1.165, 1.54) is 48.2 Å². The van der Waals surface area contributed by atoms with Crippen molar-refractivity contribution in [2.75, 3.05) is 26.0 Å². The number of hydrogen-bond donors (Lipinski definition) is 2. The Labute approximate surface area is 200 Å². The third-order valence-electron chi connectivity index (χ3n) is 6.99. The van der Waals surface area contributed by atoms with Gasteiger partial charge in [0.2, 0.25) is 0 Å². The number of fused-ring (bicyclic) bond motifs is 2. The second-order valence-electron chi connectivity index (χ2n) is 9.72. The molecule has 34 heavy (non-hydrogen) atoms. The summed E-state index contributed by atoms with van der Waals surface area (Å²) in [6.07, 6.45) is 10.1. The van der Waals surface area contributed by atoms with Gasteiger partial charge in [-0.15, -0.1) is 0 Å². The molecular formula is C29H32FN3O. The highest BCUT2D eigenvalue weighted by Crippen LogP contribution is 2.37. The van der Waals surface area contributed by atoms with E-state index in [1.807, 2.05) is 18.2 Å². The zero-order valence-electron chi connectivity index (χ0n) is 20.0. The van der Waals surface area contributed by atoms with Crippen LogP contribution in [0.15, 0.2) is 42.5 Å². The maximum absolute atomic E-state index is 13.3. The van der Waals surface area contributed by atoms with E-state index in [9.17, 15) is 9.18 Å². The molecule has 0 spiro atoms. The van der Waals surface area contributed by atoms with Crippen LogP contribution in [0.2, 0.25) is 0 Å². The first kappa shape index (κ1) is 22.6. The first-order valence-corrected chi connectivity index (χ1v) is 12.3. The average molecular weight is 458 g/mol. The Morgan fingerprint density at radius 3 is 2.56 bits per heavy atom. The number of H-pyrrole nitrogens is 1. The molecule has 0 atom stereocenters. The lowest BCUT2D eigenvalue weighted by Crippen LogP contribution is -2.13. The van der Waals surface area contributed by atoms with Crippen LogP contribution in [-0.2, 0) is 24.1 Å². The number of amides is 1. The SMILES string of the molecule is CN(C)CCCc1c(/C=C2\C(=O)Nc3cc(-c4ccc(F)cc4)ccc32)[nH]c2c1CCCCC2. The maximum Gasteiger partial charge on any atom is 0.256 e. The normalized spacial score (nSPS) is 16.5. The monoisotopic (exact) mass is 457 g/mol. The van der Waals surface area contributed by atoms with Gasteiger partial charge in [0.1, 0.15) is 5.82 Å². The zero-order chi connectivity index (χ0) is 23.7. The first-order valence-electron chi connectivity index (χ1n) is 12.3. The summed E-state index contributed by atoms with van der Waals surface area (Å²) < 4.78 is 13.3. The van der Waals surface area contributed by atoms with Gasteiger partial charge in [-0.25, -0.2) is 4.39 Å². The number of aryl methyl sites for hydroxylation is 1. The van der Waals surface area contributed by atoms with Gasteiger partial charge in [0.05, 0.1) is 5.57 Å². The van der Waals surface area contributed by atoms with E-state index < -0.39 is 0 Å². The predicted octanol–water partition coefficient (Wildman–Crippen LogP) is 6.08. The number of carbonyl (C=O) groups is 1. The molecule has 1 aliphatic heterocycles. The van der Waals surface area contributed by atoms with Crippen LogP contribution in [0.1, 0.15) is 53.8 Å². The van der Waals surface area contributed by atoms with Crippen LogP contribution in [-0.4, -0.2) is 36.4 Å². The molecule has 2 N–H and O–H groups in total. The molecule has 4 nitrogen and oxygen atoms in total. The van der Waals surface area contributed by atoms with Crippen LogP contribution in [0.5, 0.6) is 0 Å². The van der Waals surface area contributed by atoms with Crippen LogP contribution in [0, 0.1) is 5.82 Å². The van der Waals surface area contributed by atoms with Crippen molar-refractivity contribution in [3.63, 3.8) is 0 Å². The van der Waals surface area contributed by atoms with Crippen molar-refractivity contribution in [3.8, 4) is 11.1 Å². The summed E-state index contributed by atoms with van der Waals surface area (Å²) in [4.78, 5) is 18.9. The minimum Gasteiger partial charge on any atom is -0.358 e. The van der Waals surface area contributed by atoms with Crippen molar-refractivity contribution in [2.24, 2.45) is 0 Å². The fraction of sp³-hybridized carbons (Fsp3) is 0.345. The molecule has 1 amide bonds. The summed E-state index contributed by atoms with van der Waals surface area (Å²) in [5, 5.41) is 3.04. The van der Waals surface area contributed by atoms with E-state index in [-0.39, 0.29) is 11.7 Å². The Balaban J connectivity index is 1.50. The third-order valence-corrected chi connectivity index (χ3v) is 6.99. The second kappa shape index (κ2) is 9.59. The van der Waals surface area contributed by atoms with E-state index in [4.69, 9.17) is 0 Å². The van der Waals surface area contributed by atoms with Crippen LogP contribution < -0.4 is 5.32 Å². The molecular weight excluding hydrogens is 425 g/mol. The lowest BCUT2D eigenvalue weighted by Gasteiger charge is -2.11. The van der Waals surface area contributed by atoms with Gasteiger partial charge in [0, 0.05) is 22.6 Å². The number of aromatic nitrogens is 1. The van der Waals surface area contributed by atoms with Crippen molar-refractivity contribution in [3.05, 3.63) is 76.4 Å². The molecule has 0 saturated heterocycles. The second-order valence-corrected chi connectivity index (χ2v) is 9.72. The number of benzene rings is 2. The number of hydrogen-bond acceptors (Lipinski definition) is 2. The average Bonchev–Trinajstić information content (AvgIpc) is 3.19. The standard InChI is InChI=1S/C29H32FN3O/c1-33(2)16-6-8-23-22-7-4-3-5-9-26(22)31-28(23)18-25-24-15-12-20(17-27(24)32-29(25)34)19-10-13-21(30)14-11-19/h10-15,17-18,31H,3-9,16H2,1-2H3,(H,32,34)/b25-18-. The Kier molecular flexibility index (Phi) is 6.38. The fourth-order valence-corrected chi connectivity index (χ4v) is 5.24. The summed E-state index contributed by atoms with van der Waals surface area (Å²) in [5.41, 5.74) is 9.61. The molecule has 5 rings (SSSR count). The van der Waals surface area contributed by atoms with Crippen molar-refractivity contribution in [1.29, 1.82) is 0 Å². The van der Waals surface area contributed by atoms with E-state index in [2.05, 4.69) is 35.4 Å². The molecule has 0 saturated carbocycles. The fourth-order valence-electron chi connectivity index (χ4n) is 5.24. The van der Waals surface area contributed by atoms with Gasteiger partial charge in [0.15, 0.2) is 0 Å². The molecule has 0 radical (unpaired) electrons. The van der Waals surface area contributed by atoms with Crippen molar-refractivity contribution in [1.82, 2.24) is 9.88 Å². The Hall–Kier alpha value is -3.18. The van der Waals surface area contributed by atoms with Crippen molar-refractivity contribution < 1.29 is 9.18 Å². The minimum atomic E-state index is -0.255. The molecule has 3 aromatic rings. The molecule has 2 heterocycles. The van der Waals surface area contributed by atoms with Gasteiger partial charge in [0.25, 0.3) is 5.91 Å². The van der Waals surface area contributed by atoms with Crippen molar-refractivity contribution >= 4 is 23.2 Å². The molecule has 2 aliphatic rings. The lowest BCUT2D eigenvalue weighted by atomic mass is 9.97. The smallest absolute Gasteiger partial charge is 0.256 e. The van der Waals surface area contributed by atoms with Crippen LogP contribution in [0.25, 0.3) is 22.8 Å². The summed E-state index contributed by atoms with van der Waals surface area (Å²) in [6, 6.07) is 12.4. The number of rotatable bonds is 6. The summed E-state index contributed by atoms with van der Waals surface area (Å²) in [6.45, 7) is 1.05. The number of anilines is 1. The van der Waals surface area contributed by atoms with Crippen molar-refractivity contribution in [2.45, 2.75) is 44.9 Å². The predicted molar refractivity (Wildman–Crippen MR) is 137 cm³/mol. The third kappa shape index (κ3) is 4.58. The number of aromatic amines is 1. The van der Waals surface area contributed by atoms with Gasteiger partial charge >= 0.3 is 0 Å². The highest BCUT2D eigenvalue weighted by atomic mass is 19.1. The van der Waals surface area contributed by atoms with Gasteiger partial charge in [-0.3, -0.25) is 4.79 Å².